The number of aliphatic hydroxyl groups excluding tert-OH is 2. The second-order valence-electron chi connectivity index (χ2n) is 6.40. The average Bonchev–Trinajstić information content (AvgIpc) is 2.91. The molecule has 0 heterocycles. The molecule has 0 amide bonds. The van der Waals surface area contributed by atoms with E-state index in [4.69, 9.17) is 0 Å². The van der Waals surface area contributed by atoms with Gasteiger partial charge in [-0.2, -0.15) is 20.5 Å². The molecule has 6 nitrogen and oxygen atoms in total. The second-order valence-corrected chi connectivity index (χ2v) is 6.40. The largest absolute Gasteiger partial charge is 0.508 e. The van der Waals surface area contributed by atoms with Crippen LogP contribution in [0.3, 0.4) is 0 Å². The van der Waals surface area contributed by atoms with Crippen molar-refractivity contribution >= 4 is 0 Å². The molecule has 0 aliphatic rings. The summed E-state index contributed by atoms with van der Waals surface area (Å²) in [6, 6.07) is 0. The van der Waals surface area contributed by atoms with Crippen molar-refractivity contribution in [2.24, 2.45) is 20.5 Å². The number of aliphatic hydroxyl groups is 2. The third kappa shape index (κ3) is 14.1. The van der Waals surface area contributed by atoms with Crippen LogP contribution in [0.2, 0.25) is 0 Å². The number of rotatable bonds is 16. The van der Waals surface area contributed by atoms with E-state index < -0.39 is 0 Å². The van der Waals surface area contributed by atoms with Gasteiger partial charge in [0.1, 0.15) is 11.5 Å². The number of hydrogen-bond donors (Lipinski definition) is 2. The van der Waals surface area contributed by atoms with Crippen LogP contribution in [0, 0.1) is 0 Å². The van der Waals surface area contributed by atoms with Crippen LogP contribution in [-0.2, 0) is 0 Å². The normalized spacial score (nSPS) is 14.8. The first-order valence-corrected chi connectivity index (χ1v) is 10.6. The minimum absolute atomic E-state index is 0.00286. The Bertz CT molecular complexity index is 1160. The van der Waals surface area contributed by atoms with Gasteiger partial charge in [-0.1, -0.05) is 70.4 Å². The molecule has 0 aromatic rings. The van der Waals surface area contributed by atoms with Crippen LogP contribution >= 0.6 is 0 Å². The molecule has 2 N–H and O–H groups in total. The fourth-order valence-corrected chi connectivity index (χ4v) is 1.91. The predicted molar refractivity (Wildman–Crippen MR) is 152 cm³/mol. The monoisotopic (exact) mass is 480 g/mol. The summed E-state index contributed by atoms with van der Waals surface area (Å²) in [6.45, 7) is 25.5. The van der Waals surface area contributed by atoms with Crippen molar-refractivity contribution in [1.82, 2.24) is 0 Å². The Morgan fingerprint density at radius 2 is 0.778 bits per heavy atom. The highest BCUT2D eigenvalue weighted by Crippen LogP contribution is 2.10. The molecule has 0 radical (unpaired) electrons. The molecule has 0 aliphatic heterocycles. The Morgan fingerprint density at radius 3 is 1.11 bits per heavy atom. The van der Waals surface area contributed by atoms with Gasteiger partial charge in [-0.25, -0.2) is 0 Å². The van der Waals surface area contributed by atoms with E-state index in [0.717, 1.165) is 5.57 Å². The summed E-state index contributed by atoms with van der Waals surface area (Å²) >= 11 is 0. The molecule has 0 unspecified atom stereocenters. The molecular formula is C30H32N4O2. The van der Waals surface area contributed by atoms with E-state index in [1.165, 1.54) is 36.5 Å². The van der Waals surface area contributed by atoms with Crippen molar-refractivity contribution < 1.29 is 10.2 Å². The average molecular weight is 481 g/mol. The first-order valence-electron chi connectivity index (χ1n) is 10.6. The maximum Gasteiger partial charge on any atom is 0.115 e. The van der Waals surface area contributed by atoms with E-state index in [2.05, 4.69) is 66.5 Å². The molecule has 0 fully saturated rings. The number of nitrogens with zero attached hydrogens (tertiary/aromatic N) is 4. The van der Waals surface area contributed by atoms with Crippen molar-refractivity contribution in [2.45, 2.75) is 0 Å². The standard InChI is InChI=1S/C30H32N4O2/c1-8-24(18-19-26(10-3)32-34-28(12-5)21-23-30(36)14-7)16-15-17-25(9-2)31-33-27(11-4)20-22-29(35)13-6/h8-23,35-36H,1-7H2/b16-15+,24-18+,25-17+,26-19+,27-20+,28-21+,29-22+,30-23+,33-31?,34-32?. The lowest BCUT2D eigenvalue weighted by atomic mass is 10.2. The molecule has 0 saturated heterocycles. The van der Waals surface area contributed by atoms with Gasteiger partial charge in [0, 0.05) is 0 Å². The maximum absolute atomic E-state index is 9.43. The van der Waals surface area contributed by atoms with Gasteiger partial charge in [-0.05, 0) is 78.5 Å². The van der Waals surface area contributed by atoms with Crippen molar-refractivity contribution in [1.29, 1.82) is 0 Å². The minimum atomic E-state index is 0.00286. The van der Waals surface area contributed by atoms with E-state index in [1.807, 2.05) is 6.08 Å². The van der Waals surface area contributed by atoms with E-state index in [9.17, 15) is 10.2 Å². The molecule has 0 bridgehead atoms. The van der Waals surface area contributed by atoms with Gasteiger partial charge in [-0.3, -0.25) is 0 Å². The minimum Gasteiger partial charge on any atom is -0.508 e. The van der Waals surface area contributed by atoms with Crippen LogP contribution in [0.1, 0.15) is 0 Å². The highest BCUT2D eigenvalue weighted by atomic mass is 16.3. The molecule has 184 valence electrons. The van der Waals surface area contributed by atoms with Crippen LogP contribution in [0.4, 0.5) is 0 Å². The topological polar surface area (TPSA) is 89.9 Å². The highest BCUT2D eigenvalue weighted by molar-refractivity contribution is 5.37. The summed E-state index contributed by atoms with van der Waals surface area (Å²) in [4.78, 5) is 0. The molecular weight excluding hydrogens is 448 g/mol. The first kappa shape index (κ1) is 30.9. The molecule has 0 saturated carbocycles. The third-order valence-corrected chi connectivity index (χ3v) is 3.90. The Balaban J connectivity index is 5.67. The van der Waals surface area contributed by atoms with E-state index >= 15 is 0 Å². The van der Waals surface area contributed by atoms with E-state index in [1.54, 1.807) is 54.7 Å². The number of hydrogen-bond acceptors (Lipinski definition) is 6. The van der Waals surface area contributed by atoms with Crippen molar-refractivity contribution in [3.05, 3.63) is 183 Å². The molecule has 0 aliphatic carbocycles. The Kier molecular flexibility index (Phi) is 16.6. The molecule has 6 heteroatoms. The number of azo groups is 2. The summed E-state index contributed by atoms with van der Waals surface area (Å²) < 4.78 is 0. The zero-order valence-electron chi connectivity index (χ0n) is 20.4. The van der Waals surface area contributed by atoms with Gasteiger partial charge >= 0.3 is 0 Å². The number of allylic oxidation sites excluding steroid dienone is 17. The molecule has 36 heavy (non-hydrogen) atoms. The van der Waals surface area contributed by atoms with Crippen molar-refractivity contribution in [2.75, 3.05) is 0 Å². The summed E-state index contributed by atoms with van der Waals surface area (Å²) in [5.74, 6) is 0.00694. The van der Waals surface area contributed by atoms with Gasteiger partial charge in [0.2, 0.25) is 0 Å². The van der Waals surface area contributed by atoms with Crippen molar-refractivity contribution in [3.8, 4) is 0 Å². The lowest BCUT2D eigenvalue weighted by Gasteiger charge is -1.95. The quantitative estimate of drug-likeness (QED) is 0.131. The molecule has 0 aromatic heterocycles. The Hall–Kier alpha value is -5.10. The van der Waals surface area contributed by atoms with Crippen molar-refractivity contribution in [3.63, 3.8) is 0 Å². The van der Waals surface area contributed by atoms with Gasteiger partial charge in [0.05, 0.1) is 22.8 Å². The summed E-state index contributed by atoms with van der Waals surface area (Å²) in [7, 11) is 0. The van der Waals surface area contributed by atoms with Crippen LogP contribution in [-0.4, -0.2) is 10.2 Å². The van der Waals surface area contributed by atoms with Crippen LogP contribution in [0.25, 0.3) is 0 Å². The highest BCUT2D eigenvalue weighted by Gasteiger charge is 1.92. The van der Waals surface area contributed by atoms with Gasteiger partial charge in [-0.15, -0.1) is 0 Å². The zero-order chi connectivity index (χ0) is 27.2. The van der Waals surface area contributed by atoms with Gasteiger partial charge < -0.3 is 10.2 Å². The fourth-order valence-electron chi connectivity index (χ4n) is 1.91. The van der Waals surface area contributed by atoms with Crippen LogP contribution in [0.5, 0.6) is 0 Å². The smallest absolute Gasteiger partial charge is 0.115 e. The fraction of sp³-hybridized carbons (Fsp3) is 0. The summed E-state index contributed by atoms with van der Waals surface area (Å²) in [6.07, 6.45) is 25.2. The van der Waals surface area contributed by atoms with Crippen LogP contribution in [0.15, 0.2) is 204 Å². The van der Waals surface area contributed by atoms with Gasteiger partial charge in [0.25, 0.3) is 0 Å². The Labute approximate surface area is 213 Å². The predicted octanol–water partition coefficient (Wildman–Crippen LogP) is 9.09. The lowest BCUT2D eigenvalue weighted by Crippen LogP contribution is -1.76. The molecule has 0 aromatic carbocycles. The van der Waals surface area contributed by atoms with E-state index in [0.29, 0.717) is 22.8 Å². The third-order valence-electron chi connectivity index (χ3n) is 3.90. The second kappa shape index (κ2) is 19.4. The zero-order valence-corrected chi connectivity index (χ0v) is 20.4. The van der Waals surface area contributed by atoms with Gasteiger partial charge in [0.15, 0.2) is 0 Å². The first-order chi connectivity index (χ1) is 17.4. The summed E-state index contributed by atoms with van der Waals surface area (Å²) in [5, 5.41) is 35.2. The summed E-state index contributed by atoms with van der Waals surface area (Å²) in [5.41, 5.74) is 2.70. The molecule has 0 spiro atoms. The Morgan fingerprint density at radius 1 is 0.417 bits per heavy atom. The lowest BCUT2D eigenvalue weighted by molar-refractivity contribution is 0.432. The SMILES string of the molecule is C=C/C(O)=C\C=C(/C=C)N=N/C(C=C)=C/C=C/C(C=C)=C/C=C(\C=C)N=N/C(C=C)=C/C=C(/O)C=C. The van der Waals surface area contributed by atoms with E-state index in [-0.39, 0.29) is 11.5 Å². The molecule has 0 atom stereocenters. The molecule has 0 rings (SSSR count). The maximum atomic E-state index is 9.43. The van der Waals surface area contributed by atoms with Crippen LogP contribution < -0.4 is 0 Å².